The molecular formula is C15H20N2O. The maximum Gasteiger partial charge on any atom is 0.223 e. The first-order valence-corrected chi connectivity index (χ1v) is 6.45. The maximum atomic E-state index is 12.1. The number of hydrogen-bond donors (Lipinski definition) is 1. The van der Waals surface area contributed by atoms with Crippen molar-refractivity contribution in [2.45, 2.75) is 31.7 Å². The summed E-state index contributed by atoms with van der Waals surface area (Å²) in [7, 11) is 0. The van der Waals surface area contributed by atoms with Crippen LogP contribution in [0.2, 0.25) is 0 Å². The molecule has 1 saturated carbocycles. The Labute approximate surface area is 108 Å². The van der Waals surface area contributed by atoms with E-state index in [2.05, 4.69) is 6.58 Å². The highest BCUT2D eigenvalue weighted by molar-refractivity contribution is 5.77. The molecule has 1 aromatic carbocycles. The van der Waals surface area contributed by atoms with E-state index in [0.29, 0.717) is 19.0 Å². The van der Waals surface area contributed by atoms with Gasteiger partial charge in [-0.15, -0.1) is 6.58 Å². The molecule has 18 heavy (non-hydrogen) atoms. The van der Waals surface area contributed by atoms with Crippen molar-refractivity contribution in [1.29, 1.82) is 0 Å². The molecule has 96 valence electrons. The molecule has 2 rings (SSSR count). The molecule has 0 radical (unpaired) electrons. The predicted octanol–water partition coefficient (Wildman–Crippen LogP) is 2.38. The van der Waals surface area contributed by atoms with Gasteiger partial charge in [-0.05, 0) is 37.0 Å². The molecule has 0 aromatic heterocycles. The fourth-order valence-corrected chi connectivity index (χ4v) is 2.12. The van der Waals surface area contributed by atoms with Gasteiger partial charge in [0.15, 0.2) is 0 Å². The molecule has 0 saturated heterocycles. The molecule has 0 spiro atoms. The lowest BCUT2D eigenvalue weighted by Crippen LogP contribution is -2.33. The lowest BCUT2D eigenvalue weighted by atomic mass is 10.1. The number of benzene rings is 1. The maximum absolute atomic E-state index is 12.1. The molecule has 1 amide bonds. The molecule has 0 heterocycles. The van der Waals surface area contributed by atoms with Crippen LogP contribution < -0.4 is 5.73 Å². The number of nitrogens with zero attached hydrogens (tertiary/aromatic N) is 1. The van der Waals surface area contributed by atoms with Gasteiger partial charge in [0.2, 0.25) is 5.91 Å². The van der Waals surface area contributed by atoms with Crippen LogP contribution in [0, 0.1) is 0 Å². The first kappa shape index (κ1) is 12.7. The van der Waals surface area contributed by atoms with Gasteiger partial charge in [0.05, 0.1) is 0 Å². The highest BCUT2D eigenvalue weighted by atomic mass is 16.2. The Hall–Kier alpha value is -1.77. The molecule has 0 aliphatic heterocycles. The first-order chi connectivity index (χ1) is 8.70. The minimum absolute atomic E-state index is 0.222. The number of rotatable bonds is 6. The van der Waals surface area contributed by atoms with E-state index >= 15 is 0 Å². The fraction of sp³-hybridized carbons (Fsp3) is 0.400. The van der Waals surface area contributed by atoms with Crippen molar-refractivity contribution in [3.8, 4) is 0 Å². The third-order valence-corrected chi connectivity index (χ3v) is 3.21. The van der Waals surface area contributed by atoms with Gasteiger partial charge < -0.3 is 10.6 Å². The normalized spacial score (nSPS) is 14.2. The van der Waals surface area contributed by atoms with E-state index in [1.165, 1.54) is 0 Å². The van der Waals surface area contributed by atoms with Crippen molar-refractivity contribution < 1.29 is 4.79 Å². The number of amides is 1. The second-order valence-electron chi connectivity index (χ2n) is 4.81. The topological polar surface area (TPSA) is 46.3 Å². The van der Waals surface area contributed by atoms with E-state index in [4.69, 9.17) is 5.73 Å². The van der Waals surface area contributed by atoms with Gasteiger partial charge in [0, 0.05) is 24.7 Å². The average molecular weight is 244 g/mol. The molecule has 1 aliphatic carbocycles. The second kappa shape index (κ2) is 5.71. The summed E-state index contributed by atoms with van der Waals surface area (Å²) in [5, 5.41) is 0. The largest absolute Gasteiger partial charge is 0.399 e. The molecule has 0 bridgehead atoms. The summed E-state index contributed by atoms with van der Waals surface area (Å²) in [5.41, 5.74) is 7.60. The SMILES string of the molecule is C=CCN(C(=O)CCc1cccc(N)c1)C1CC1. The Bertz CT molecular complexity index is 438. The Kier molecular flexibility index (Phi) is 4.03. The van der Waals surface area contributed by atoms with Crippen molar-refractivity contribution in [2.75, 3.05) is 12.3 Å². The smallest absolute Gasteiger partial charge is 0.223 e. The van der Waals surface area contributed by atoms with Crippen molar-refractivity contribution in [3.63, 3.8) is 0 Å². The van der Waals surface area contributed by atoms with E-state index < -0.39 is 0 Å². The Morgan fingerprint density at radius 3 is 2.89 bits per heavy atom. The van der Waals surface area contributed by atoms with Crippen LogP contribution in [0.5, 0.6) is 0 Å². The van der Waals surface area contributed by atoms with Crippen LogP contribution in [-0.2, 0) is 11.2 Å². The van der Waals surface area contributed by atoms with Crippen LogP contribution in [0.15, 0.2) is 36.9 Å². The van der Waals surface area contributed by atoms with E-state index in [-0.39, 0.29) is 5.91 Å². The number of aryl methyl sites for hydroxylation is 1. The van der Waals surface area contributed by atoms with E-state index in [1.54, 1.807) is 6.08 Å². The van der Waals surface area contributed by atoms with Gasteiger partial charge in [-0.1, -0.05) is 18.2 Å². The van der Waals surface area contributed by atoms with Gasteiger partial charge in [0.25, 0.3) is 0 Å². The van der Waals surface area contributed by atoms with E-state index in [0.717, 1.165) is 30.5 Å². The van der Waals surface area contributed by atoms with Crippen molar-refractivity contribution in [2.24, 2.45) is 0 Å². The molecule has 1 aromatic rings. The van der Waals surface area contributed by atoms with Crippen LogP contribution in [0.25, 0.3) is 0 Å². The fourth-order valence-electron chi connectivity index (χ4n) is 2.12. The summed E-state index contributed by atoms with van der Waals surface area (Å²) in [5.74, 6) is 0.222. The number of hydrogen-bond acceptors (Lipinski definition) is 2. The number of anilines is 1. The molecule has 3 nitrogen and oxygen atoms in total. The van der Waals surface area contributed by atoms with Crippen molar-refractivity contribution >= 4 is 11.6 Å². The lowest BCUT2D eigenvalue weighted by Gasteiger charge is -2.20. The summed E-state index contributed by atoms with van der Waals surface area (Å²) in [6.45, 7) is 4.38. The molecule has 1 aliphatic rings. The zero-order valence-corrected chi connectivity index (χ0v) is 10.6. The highest BCUT2D eigenvalue weighted by Gasteiger charge is 2.31. The Morgan fingerprint density at radius 1 is 1.50 bits per heavy atom. The Balaban J connectivity index is 1.88. The minimum Gasteiger partial charge on any atom is -0.399 e. The van der Waals surface area contributed by atoms with Crippen LogP contribution in [-0.4, -0.2) is 23.4 Å². The number of carbonyl (C=O) groups excluding carboxylic acids is 1. The van der Waals surface area contributed by atoms with Crippen LogP contribution in [0.3, 0.4) is 0 Å². The van der Waals surface area contributed by atoms with Crippen molar-refractivity contribution in [1.82, 2.24) is 4.90 Å². The van der Waals surface area contributed by atoms with Crippen LogP contribution >= 0.6 is 0 Å². The summed E-state index contributed by atoms with van der Waals surface area (Å²) in [4.78, 5) is 14.1. The molecular weight excluding hydrogens is 224 g/mol. The first-order valence-electron chi connectivity index (χ1n) is 6.45. The summed E-state index contributed by atoms with van der Waals surface area (Å²) in [6.07, 6.45) is 5.38. The van der Waals surface area contributed by atoms with Gasteiger partial charge in [0.1, 0.15) is 0 Å². The molecule has 0 unspecified atom stereocenters. The zero-order valence-electron chi connectivity index (χ0n) is 10.6. The predicted molar refractivity (Wildman–Crippen MR) is 74.1 cm³/mol. The summed E-state index contributed by atoms with van der Waals surface area (Å²) >= 11 is 0. The van der Waals surface area contributed by atoms with Gasteiger partial charge in [-0.2, -0.15) is 0 Å². The summed E-state index contributed by atoms with van der Waals surface area (Å²) < 4.78 is 0. The third kappa shape index (κ3) is 3.36. The molecule has 0 atom stereocenters. The zero-order chi connectivity index (χ0) is 13.0. The minimum atomic E-state index is 0.222. The molecule has 1 fully saturated rings. The average Bonchev–Trinajstić information content (AvgIpc) is 3.17. The standard InChI is InChI=1S/C15H20N2O/c1-2-10-17(14-7-8-14)15(18)9-6-12-4-3-5-13(16)11-12/h2-5,11,14H,1,6-10,16H2. The number of nitrogens with two attached hydrogens (primary N) is 1. The number of carbonyl (C=O) groups is 1. The Morgan fingerprint density at radius 2 is 2.28 bits per heavy atom. The number of nitrogen functional groups attached to an aromatic ring is 1. The summed E-state index contributed by atoms with van der Waals surface area (Å²) in [6, 6.07) is 8.19. The van der Waals surface area contributed by atoms with Crippen LogP contribution in [0.4, 0.5) is 5.69 Å². The quantitative estimate of drug-likeness (QED) is 0.617. The van der Waals surface area contributed by atoms with Gasteiger partial charge in [-0.25, -0.2) is 0 Å². The van der Waals surface area contributed by atoms with Crippen molar-refractivity contribution in [3.05, 3.63) is 42.5 Å². The monoisotopic (exact) mass is 244 g/mol. The van der Waals surface area contributed by atoms with Crippen LogP contribution in [0.1, 0.15) is 24.8 Å². The molecule has 2 N–H and O–H groups in total. The second-order valence-corrected chi connectivity index (χ2v) is 4.81. The van der Waals surface area contributed by atoms with E-state index in [1.807, 2.05) is 29.2 Å². The van der Waals surface area contributed by atoms with Gasteiger partial charge in [-0.3, -0.25) is 4.79 Å². The lowest BCUT2D eigenvalue weighted by molar-refractivity contribution is -0.131. The molecule has 3 heteroatoms. The van der Waals surface area contributed by atoms with E-state index in [9.17, 15) is 4.79 Å². The van der Waals surface area contributed by atoms with Gasteiger partial charge >= 0.3 is 0 Å². The third-order valence-electron chi connectivity index (χ3n) is 3.21. The highest BCUT2D eigenvalue weighted by Crippen LogP contribution is 2.27.